The highest BCUT2D eigenvalue weighted by molar-refractivity contribution is 7.18. The van der Waals surface area contributed by atoms with Crippen LogP contribution in [-0.4, -0.2) is 17.0 Å². The Morgan fingerprint density at radius 2 is 2.10 bits per heavy atom. The van der Waals surface area contributed by atoms with Crippen LogP contribution in [0.3, 0.4) is 0 Å². The lowest BCUT2D eigenvalue weighted by Crippen LogP contribution is -2.12. The topological polar surface area (TPSA) is 52.8 Å². The van der Waals surface area contributed by atoms with Gasteiger partial charge in [-0.1, -0.05) is 6.07 Å². The summed E-state index contributed by atoms with van der Waals surface area (Å²) in [6, 6.07) is 11.6. The largest absolute Gasteiger partial charge is 0.329 e. The van der Waals surface area contributed by atoms with Gasteiger partial charge in [-0.2, -0.15) is 10.2 Å². The summed E-state index contributed by atoms with van der Waals surface area (Å²) in [5.74, 6) is 0.740. The summed E-state index contributed by atoms with van der Waals surface area (Å²) >= 11 is 7.61. The predicted octanol–water partition coefficient (Wildman–Crippen LogP) is 4.29. The second kappa shape index (κ2) is 5.32. The summed E-state index contributed by atoms with van der Waals surface area (Å²) in [5.41, 5.74) is 1.49. The van der Waals surface area contributed by atoms with Gasteiger partial charge >= 0.3 is 0 Å². The van der Waals surface area contributed by atoms with E-state index in [1.165, 1.54) is 0 Å². The fourth-order valence-corrected chi connectivity index (χ4v) is 3.25. The van der Waals surface area contributed by atoms with Gasteiger partial charge in [-0.3, -0.25) is 0 Å². The number of hydrogen-bond donors (Lipinski definition) is 0. The van der Waals surface area contributed by atoms with Crippen molar-refractivity contribution in [2.75, 3.05) is 11.9 Å². The Morgan fingerprint density at radius 1 is 1.29 bits per heavy atom. The Hall–Kier alpha value is -2.16. The number of aryl methyl sites for hydroxylation is 1. The highest BCUT2D eigenvalue weighted by Gasteiger charge is 2.14. The molecule has 1 aromatic carbocycles. The van der Waals surface area contributed by atoms with E-state index < -0.39 is 0 Å². The van der Waals surface area contributed by atoms with E-state index in [9.17, 15) is 0 Å². The molecule has 0 bridgehead atoms. The highest BCUT2D eigenvalue weighted by atomic mass is 35.5. The second-order valence-electron chi connectivity index (χ2n) is 4.61. The van der Waals surface area contributed by atoms with Gasteiger partial charge in [0.1, 0.15) is 10.6 Å². The summed E-state index contributed by atoms with van der Waals surface area (Å²) in [5, 5.41) is 10.2. The number of hydrogen-bond acceptors (Lipinski definition) is 5. The van der Waals surface area contributed by atoms with Gasteiger partial charge in [0.05, 0.1) is 17.0 Å². The molecule has 0 atom stereocenters. The Morgan fingerprint density at radius 3 is 2.86 bits per heavy atom. The number of halogens is 1. The lowest BCUT2D eigenvalue weighted by molar-refractivity contribution is 1.11. The fraction of sp³-hybridized carbons (Fsp3) is 0.133. The molecule has 21 heavy (non-hydrogen) atoms. The lowest BCUT2D eigenvalue weighted by atomic mass is 10.2. The minimum atomic E-state index is 0.225. The summed E-state index contributed by atoms with van der Waals surface area (Å²) in [6.07, 6.45) is 0. The molecule has 0 unspecified atom stereocenters. The van der Waals surface area contributed by atoms with Gasteiger partial charge in [-0.05, 0) is 42.8 Å². The third kappa shape index (κ3) is 2.56. The Labute approximate surface area is 131 Å². The molecule has 0 aliphatic rings. The van der Waals surface area contributed by atoms with Crippen molar-refractivity contribution in [3.63, 3.8) is 0 Å². The molecule has 0 N–H and O–H groups in total. The van der Waals surface area contributed by atoms with Crippen molar-refractivity contribution < 1.29 is 0 Å². The highest BCUT2D eigenvalue weighted by Crippen LogP contribution is 2.34. The summed E-state index contributed by atoms with van der Waals surface area (Å²) < 4.78 is 0. The van der Waals surface area contributed by atoms with Crippen LogP contribution in [0.4, 0.5) is 11.5 Å². The van der Waals surface area contributed by atoms with E-state index >= 15 is 0 Å². The Kier molecular flexibility index (Phi) is 3.50. The molecule has 0 fully saturated rings. The first-order chi connectivity index (χ1) is 10.1. The minimum absolute atomic E-state index is 0.225. The number of anilines is 2. The van der Waals surface area contributed by atoms with Crippen molar-refractivity contribution >= 4 is 44.7 Å². The van der Waals surface area contributed by atoms with Gasteiger partial charge in [-0.15, -0.1) is 11.3 Å². The van der Waals surface area contributed by atoms with Gasteiger partial charge in [0, 0.05) is 17.6 Å². The van der Waals surface area contributed by atoms with E-state index in [1.807, 2.05) is 37.1 Å². The molecule has 104 valence electrons. The molecule has 0 aliphatic heterocycles. The normalized spacial score (nSPS) is 10.6. The molecule has 3 rings (SSSR count). The molecule has 0 saturated carbocycles. The number of fused-ring (bicyclic) bond motifs is 1. The van der Waals surface area contributed by atoms with Crippen LogP contribution in [0.5, 0.6) is 0 Å². The first-order valence-electron chi connectivity index (χ1n) is 6.26. The van der Waals surface area contributed by atoms with Crippen LogP contribution in [0.2, 0.25) is 5.28 Å². The summed E-state index contributed by atoms with van der Waals surface area (Å²) in [7, 11) is 1.90. The van der Waals surface area contributed by atoms with Crippen LogP contribution in [0.25, 0.3) is 10.2 Å². The molecule has 0 spiro atoms. The van der Waals surface area contributed by atoms with E-state index in [-0.39, 0.29) is 5.28 Å². The Balaban J connectivity index is 2.17. The van der Waals surface area contributed by atoms with E-state index in [0.29, 0.717) is 5.56 Å². The molecule has 2 heterocycles. The Bertz CT molecular complexity index is 866. The van der Waals surface area contributed by atoms with Gasteiger partial charge in [0.2, 0.25) is 5.28 Å². The molecule has 0 saturated heterocycles. The van der Waals surface area contributed by atoms with Gasteiger partial charge in [0.25, 0.3) is 0 Å². The summed E-state index contributed by atoms with van der Waals surface area (Å²) in [6.45, 7) is 2.03. The van der Waals surface area contributed by atoms with Crippen LogP contribution in [-0.2, 0) is 0 Å². The van der Waals surface area contributed by atoms with Crippen LogP contribution >= 0.6 is 22.9 Å². The number of nitrogens with zero attached hydrogens (tertiary/aromatic N) is 4. The zero-order valence-corrected chi connectivity index (χ0v) is 13.0. The van der Waals surface area contributed by atoms with Gasteiger partial charge in [0.15, 0.2) is 0 Å². The van der Waals surface area contributed by atoms with Crippen molar-refractivity contribution in [1.29, 1.82) is 5.26 Å². The monoisotopic (exact) mass is 314 g/mol. The van der Waals surface area contributed by atoms with Gasteiger partial charge in [-0.25, -0.2) is 4.98 Å². The van der Waals surface area contributed by atoms with Crippen LogP contribution in [0, 0.1) is 18.3 Å². The van der Waals surface area contributed by atoms with Crippen LogP contribution in [0.15, 0.2) is 30.3 Å². The number of aromatic nitrogens is 2. The maximum Gasteiger partial charge on any atom is 0.225 e. The zero-order valence-electron chi connectivity index (χ0n) is 11.5. The molecular formula is C15H11ClN4S. The average molecular weight is 315 g/mol. The smallest absolute Gasteiger partial charge is 0.225 e. The zero-order chi connectivity index (χ0) is 15.0. The van der Waals surface area contributed by atoms with E-state index in [2.05, 4.69) is 22.1 Å². The van der Waals surface area contributed by atoms with E-state index in [0.717, 1.165) is 26.6 Å². The molecule has 2 aromatic heterocycles. The standard InChI is InChI=1S/C15H11ClN4S/c1-9-6-12-13(18-15(16)19-14(12)21-9)20(2)11-5-3-4-10(7-11)8-17/h3-7H,1-2H3. The van der Waals surface area contributed by atoms with Crippen LogP contribution in [0.1, 0.15) is 10.4 Å². The fourth-order valence-electron chi connectivity index (χ4n) is 2.16. The number of benzene rings is 1. The van der Waals surface area contributed by atoms with Crippen molar-refractivity contribution in [3.05, 3.63) is 46.1 Å². The third-order valence-corrected chi connectivity index (χ3v) is 4.26. The second-order valence-corrected chi connectivity index (χ2v) is 6.19. The first kappa shape index (κ1) is 13.8. The molecule has 0 aliphatic carbocycles. The predicted molar refractivity (Wildman–Crippen MR) is 86.4 cm³/mol. The number of nitriles is 1. The quantitative estimate of drug-likeness (QED) is 0.662. The van der Waals surface area contributed by atoms with Crippen molar-refractivity contribution in [2.45, 2.75) is 6.92 Å². The molecule has 4 nitrogen and oxygen atoms in total. The number of thiophene rings is 1. The van der Waals surface area contributed by atoms with E-state index in [1.54, 1.807) is 17.4 Å². The van der Waals surface area contributed by atoms with E-state index in [4.69, 9.17) is 16.9 Å². The average Bonchev–Trinajstić information content (AvgIpc) is 2.85. The van der Waals surface area contributed by atoms with Crippen molar-refractivity contribution in [1.82, 2.24) is 9.97 Å². The van der Waals surface area contributed by atoms with Crippen molar-refractivity contribution in [2.24, 2.45) is 0 Å². The lowest BCUT2D eigenvalue weighted by Gasteiger charge is -2.19. The van der Waals surface area contributed by atoms with Gasteiger partial charge < -0.3 is 4.90 Å². The maximum absolute atomic E-state index is 9.02. The SMILES string of the molecule is Cc1cc2c(N(C)c3cccc(C#N)c3)nc(Cl)nc2s1. The summed E-state index contributed by atoms with van der Waals surface area (Å²) in [4.78, 5) is 12.6. The third-order valence-electron chi connectivity index (χ3n) is 3.15. The molecule has 3 aromatic rings. The van der Waals surface area contributed by atoms with Crippen LogP contribution < -0.4 is 4.90 Å². The van der Waals surface area contributed by atoms with Crippen molar-refractivity contribution in [3.8, 4) is 6.07 Å². The molecule has 6 heteroatoms. The number of rotatable bonds is 2. The maximum atomic E-state index is 9.02. The molecule has 0 amide bonds. The minimum Gasteiger partial charge on any atom is -0.329 e. The first-order valence-corrected chi connectivity index (χ1v) is 7.45. The molecular weight excluding hydrogens is 304 g/mol. The molecule has 0 radical (unpaired) electrons.